The first kappa shape index (κ1) is 15.8. The van der Waals surface area contributed by atoms with Crippen molar-refractivity contribution in [3.8, 4) is 0 Å². The highest BCUT2D eigenvalue weighted by atomic mass is 35.5. The fourth-order valence-corrected chi connectivity index (χ4v) is 3.65. The molecule has 3 unspecified atom stereocenters. The van der Waals surface area contributed by atoms with Crippen molar-refractivity contribution in [2.75, 3.05) is 6.54 Å². The molecule has 1 aromatic rings. The van der Waals surface area contributed by atoms with Gasteiger partial charge >= 0.3 is 0 Å². The van der Waals surface area contributed by atoms with Crippen LogP contribution in [0.15, 0.2) is 18.2 Å². The molecule has 1 fully saturated rings. The van der Waals surface area contributed by atoms with E-state index in [4.69, 9.17) is 11.6 Å². The number of rotatable bonds is 5. The van der Waals surface area contributed by atoms with Gasteiger partial charge in [-0.2, -0.15) is 0 Å². The van der Waals surface area contributed by atoms with Crippen molar-refractivity contribution in [1.82, 2.24) is 5.32 Å². The van der Waals surface area contributed by atoms with Gasteiger partial charge in [0.2, 0.25) is 0 Å². The average Bonchev–Trinajstić information content (AvgIpc) is 2.43. The first-order valence-electron chi connectivity index (χ1n) is 7.78. The Bertz CT molecular complexity index is 435. The minimum absolute atomic E-state index is 0.231. The lowest BCUT2D eigenvalue weighted by molar-refractivity contribution is 0.222. The molecule has 1 N–H and O–H groups in total. The van der Waals surface area contributed by atoms with Crippen LogP contribution < -0.4 is 5.32 Å². The topological polar surface area (TPSA) is 12.0 Å². The summed E-state index contributed by atoms with van der Waals surface area (Å²) in [5, 5.41) is 3.79. The Morgan fingerprint density at radius 2 is 2.20 bits per heavy atom. The third kappa shape index (κ3) is 3.95. The molecule has 1 saturated carbocycles. The molecule has 2 rings (SSSR count). The highest BCUT2D eigenvalue weighted by Gasteiger charge is 2.27. The Labute approximate surface area is 126 Å². The van der Waals surface area contributed by atoms with E-state index in [2.05, 4.69) is 19.2 Å². The molecule has 0 bridgehead atoms. The zero-order valence-corrected chi connectivity index (χ0v) is 13.2. The molecule has 1 nitrogen and oxygen atoms in total. The summed E-state index contributed by atoms with van der Waals surface area (Å²) >= 11 is 5.89. The normalized spacial score (nSPS) is 24.6. The predicted molar refractivity (Wildman–Crippen MR) is 83.7 cm³/mol. The van der Waals surface area contributed by atoms with E-state index in [9.17, 15) is 4.39 Å². The van der Waals surface area contributed by atoms with Crippen molar-refractivity contribution >= 4 is 11.6 Å². The van der Waals surface area contributed by atoms with Crippen molar-refractivity contribution in [2.45, 2.75) is 52.0 Å². The molecular formula is C17H25ClFN. The molecule has 1 aliphatic rings. The first-order chi connectivity index (χ1) is 9.61. The molecule has 1 aliphatic carbocycles. The van der Waals surface area contributed by atoms with Crippen LogP contribution in [0.2, 0.25) is 5.02 Å². The van der Waals surface area contributed by atoms with Crippen LogP contribution in [0.4, 0.5) is 4.39 Å². The Morgan fingerprint density at radius 3 is 2.90 bits per heavy atom. The maximum Gasteiger partial charge on any atom is 0.145 e. The molecule has 3 heteroatoms. The Morgan fingerprint density at radius 1 is 1.40 bits per heavy atom. The second-order valence-corrected chi connectivity index (χ2v) is 6.52. The molecule has 20 heavy (non-hydrogen) atoms. The van der Waals surface area contributed by atoms with E-state index >= 15 is 0 Å². The summed E-state index contributed by atoms with van der Waals surface area (Å²) in [7, 11) is 0. The SMILES string of the molecule is CCNC(Cc1cccc(Cl)c1F)C1CCCC(C)C1. The number of nitrogens with one attached hydrogen (secondary N) is 1. The molecule has 0 amide bonds. The van der Waals surface area contributed by atoms with Crippen molar-refractivity contribution in [2.24, 2.45) is 11.8 Å². The van der Waals surface area contributed by atoms with Crippen LogP contribution in [-0.4, -0.2) is 12.6 Å². The van der Waals surface area contributed by atoms with Gasteiger partial charge < -0.3 is 5.32 Å². The molecule has 112 valence electrons. The molecular weight excluding hydrogens is 273 g/mol. The number of halogens is 2. The molecule has 0 saturated heterocycles. The van der Waals surface area contributed by atoms with Gasteiger partial charge in [-0.05, 0) is 49.3 Å². The molecule has 0 aromatic heterocycles. The predicted octanol–water partition coefficient (Wildman–Crippen LogP) is 4.83. The van der Waals surface area contributed by atoms with E-state index in [0.29, 0.717) is 12.0 Å². The van der Waals surface area contributed by atoms with Crippen molar-refractivity contribution < 1.29 is 4.39 Å². The maximum atomic E-state index is 14.1. The van der Waals surface area contributed by atoms with Gasteiger partial charge in [-0.15, -0.1) is 0 Å². The monoisotopic (exact) mass is 297 g/mol. The van der Waals surface area contributed by atoms with Gasteiger partial charge in [0.25, 0.3) is 0 Å². The van der Waals surface area contributed by atoms with Crippen LogP contribution in [0.1, 0.15) is 45.1 Å². The van der Waals surface area contributed by atoms with Crippen LogP contribution in [0.5, 0.6) is 0 Å². The van der Waals surface area contributed by atoms with Gasteiger partial charge in [-0.3, -0.25) is 0 Å². The van der Waals surface area contributed by atoms with Crippen molar-refractivity contribution in [3.63, 3.8) is 0 Å². The minimum Gasteiger partial charge on any atom is -0.314 e. The zero-order valence-electron chi connectivity index (χ0n) is 12.5. The molecule has 0 radical (unpaired) electrons. The van der Waals surface area contributed by atoms with Crippen LogP contribution in [-0.2, 0) is 6.42 Å². The number of benzene rings is 1. The molecule has 0 heterocycles. The lowest BCUT2D eigenvalue weighted by atomic mass is 9.77. The molecule has 3 atom stereocenters. The summed E-state index contributed by atoms with van der Waals surface area (Å²) in [6.07, 6.45) is 5.87. The summed E-state index contributed by atoms with van der Waals surface area (Å²) in [4.78, 5) is 0. The van der Waals surface area contributed by atoms with Gasteiger partial charge in [-0.25, -0.2) is 4.39 Å². The summed E-state index contributed by atoms with van der Waals surface area (Å²) in [6.45, 7) is 5.38. The Balaban J connectivity index is 2.10. The van der Waals surface area contributed by atoms with E-state index in [1.165, 1.54) is 25.7 Å². The van der Waals surface area contributed by atoms with Crippen LogP contribution in [0.25, 0.3) is 0 Å². The van der Waals surface area contributed by atoms with E-state index in [1.807, 2.05) is 12.1 Å². The lowest BCUT2D eigenvalue weighted by Gasteiger charge is -2.34. The van der Waals surface area contributed by atoms with Gasteiger partial charge in [0, 0.05) is 6.04 Å². The van der Waals surface area contributed by atoms with E-state index in [0.717, 1.165) is 24.4 Å². The van der Waals surface area contributed by atoms with Crippen LogP contribution in [0.3, 0.4) is 0 Å². The third-order valence-electron chi connectivity index (χ3n) is 4.48. The summed E-state index contributed by atoms with van der Waals surface area (Å²) in [5.41, 5.74) is 0.738. The number of hydrogen-bond acceptors (Lipinski definition) is 1. The minimum atomic E-state index is -0.249. The molecule has 1 aromatic carbocycles. The van der Waals surface area contributed by atoms with Gasteiger partial charge in [0.1, 0.15) is 5.82 Å². The van der Waals surface area contributed by atoms with Gasteiger partial charge in [-0.1, -0.05) is 50.4 Å². The van der Waals surface area contributed by atoms with Gasteiger partial charge in [0.15, 0.2) is 0 Å². The number of likely N-dealkylation sites (N-methyl/N-ethyl adjacent to an activating group) is 1. The zero-order chi connectivity index (χ0) is 14.5. The summed E-state index contributed by atoms with van der Waals surface area (Å²) in [5.74, 6) is 1.19. The largest absolute Gasteiger partial charge is 0.314 e. The third-order valence-corrected chi connectivity index (χ3v) is 4.78. The second kappa shape index (κ2) is 7.42. The van der Waals surface area contributed by atoms with Gasteiger partial charge in [0.05, 0.1) is 5.02 Å². The fraction of sp³-hybridized carbons (Fsp3) is 0.647. The van der Waals surface area contributed by atoms with Crippen molar-refractivity contribution in [3.05, 3.63) is 34.6 Å². The first-order valence-corrected chi connectivity index (χ1v) is 8.15. The second-order valence-electron chi connectivity index (χ2n) is 6.11. The highest BCUT2D eigenvalue weighted by molar-refractivity contribution is 6.30. The van der Waals surface area contributed by atoms with Crippen LogP contribution in [0, 0.1) is 17.7 Å². The standard InChI is InChI=1S/C17H25ClFN/c1-3-20-16(13-7-4-6-12(2)10-13)11-14-8-5-9-15(18)17(14)19/h5,8-9,12-13,16,20H,3-4,6-7,10-11H2,1-2H3. The smallest absolute Gasteiger partial charge is 0.145 e. The lowest BCUT2D eigenvalue weighted by Crippen LogP contribution is -2.40. The summed E-state index contributed by atoms with van der Waals surface area (Å²) < 4.78 is 14.1. The van der Waals surface area contributed by atoms with E-state index < -0.39 is 0 Å². The van der Waals surface area contributed by atoms with Crippen molar-refractivity contribution in [1.29, 1.82) is 0 Å². The number of hydrogen-bond donors (Lipinski definition) is 1. The fourth-order valence-electron chi connectivity index (χ4n) is 3.46. The highest BCUT2D eigenvalue weighted by Crippen LogP contribution is 2.32. The molecule has 0 aliphatic heterocycles. The Kier molecular flexibility index (Phi) is 5.86. The van der Waals surface area contributed by atoms with E-state index in [-0.39, 0.29) is 10.8 Å². The maximum absolute atomic E-state index is 14.1. The quantitative estimate of drug-likeness (QED) is 0.821. The average molecular weight is 298 g/mol. The van der Waals surface area contributed by atoms with Crippen LogP contribution >= 0.6 is 11.6 Å². The Hall–Kier alpha value is -0.600. The summed E-state index contributed by atoms with van der Waals surface area (Å²) in [6, 6.07) is 5.67. The van der Waals surface area contributed by atoms with E-state index in [1.54, 1.807) is 6.07 Å². The molecule has 0 spiro atoms.